The molecule has 1 aliphatic rings. The average Bonchev–Trinajstić information content (AvgIpc) is 2.95. The van der Waals surface area contributed by atoms with Gasteiger partial charge in [0.1, 0.15) is 0 Å². The number of pyridine rings is 1. The summed E-state index contributed by atoms with van der Waals surface area (Å²) < 4.78 is 0. The first kappa shape index (κ1) is 15.0. The number of rotatable bonds is 5. The van der Waals surface area contributed by atoms with E-state index in [0.29, 0.717) is 0 Å². The van der Waals surface area contributed by atoms with Crippen LogP contribution in [-0.2, 0) is 6.42 Å². The fourth-order valence-corrected chi connectivity index (χ4v) is 3.20. The predicted octanol–water partition coefficient (Wildman–Crippen LogP) is 2.50. The Morgan fingerprint density at radius 3 is 2.64 bits per heavy atom. The molecule has 3 rings (SSSR count). The van der Waals surface area contributed by atoms with Gasteiger partial charge in [0.25, 0.3) is 0 Å². The maximum absolute atomic E-state index is 10.4. The molecule has 1 aliphatic heterocycles. The van der Waals surface area contributed by atoms with E-state index in [1.807, 2.05) is 18.2 Å². The van der Waals surface area contributed by atoms with Crippen LogP contribution in [0.1, 0.15) is 18.4 Å². The van der Waals surface area contributed by atoms with Gasteiger partial charge in [0.2, 0.25) is 0 Å². The third kappa shape index (κ3) is 3.29. The van der Waals surface area contributed by atoms with Crippen molar-refractivity contribution in [1.29, 1.82) is 0 Å². The molecular weight excluding hydrogens is 274 g/mol. The molecule has 2 atom stereocenters. The molecule has 1 N–H and O–H groups in total. The number of aromatic nitrogens is 1. The van der Waals surface area contributed by atoms with E-state index < -0.39 is 0 Å². The number of aryl methyl sites for hydroxylation is 1. The minimum absolute atomic E-state index is 0.165. The third-order valence-electron chi connectivity index (χ3n) is 4.47. The number of benzene rings is 1. The number of anilines is 1. The van der Waals surface area contributed by atoms with Crippen molar-refractivity contribution >= 4 is 5.69 Å². The lowest BCUT2D eigenvalue weighted by Crippen LogP contribution is -2.46. The van der Waals surface area contributed by atoms with Gasteiger partial charge in [-0.05, 0) is 37.0 Å². The van der Waals surface area contributed by atoms with E-state index in [4.69, 9.17) is 0 Å². The van der Waals surface area contributed by atoms with Gasteiger partial charge in [-0.2, -0.15) is 0 Å². The van der Waals surface area contributed by atoms with Gasteiger partial charge in [0.05, 0.1) is 17.8 Å². The Kier molecular flexibility index (Phi) is 4.71. The fraction of sp³-hybridized carbons (Fsp3) is 0.389. The number of hydrogen-bond acceptors (Lipinski definition) is 4. The van der Waals surface area contributed by atoms with Crippen LogP contribution >= 0.6 is 0 Å². The van der Waals surface area contributed by atoms with Crippen molar-refractivity contribution in [3.8, 4) is 0 Å². The van der Waals surface area contributed by atoms with Crippen molar-refractivity contribution in [3.05, 3.63) is 60.4 Å². The van der Waals surface area contributed by atoms with Crippen molar-refractivity contribution in [2.75, 3.05) is 18.6 Å². The molecule has 0 amide bonds. The Balaban J connectivity index is 1.68. The molecule has 0 spiro atoms. The summed E-state index contributed by atoms with van der Waals surface area (Å²) in [4.78, 5) is 4.07. The van der Waals surface area contributed by atoms with Crippen molar-refractivity contribution in [2.45, 2.75) is 31.4 Å². The standard InChI is InChI=1S/C18H23N3O/c1-20(16-9-12-19-13-10-16)21-14-11-18(22)17(21)8-7-15-5-3-2-4-6-15/h2-6,9-10,12-13,17-18,22H,7-8,11,14H2,1H3. The highest BCUT2D eigenvalue weighted by Crippen LogP contribution is 2.26. The molecule has 2 aromatic rings. The topological polar surface area (TPSA) is 39.6 Å². The molecule has 0 saturated carbocycles. The van der Waals surface area contributed by atoms with E-state index in [0.717, 1.165) is 31.5 Å². The van der Waals surface area contributed by atoms with E-state index in [9.17, 15) is 5.11 Å². The number of hydrazine groups is 1. The Bertz CT molecular complexity index is 575. The highest BCUT2D eigenvalue weighted by molar-refractivity contribution is 5.42. The molecule has 2 heterocycles. The lowest BCUT2D eigenvalue weighted by Gasteiger charge is -2.35. The van der Waals surface area contributed by atoms with Crippen molar-refractivity contribution in [1.82, 2.24) is 9.99 Å². The molecular formula is C18H23N3O. The molecule has 116 valence electrons. The summed E-state index contributed by atoms with van der Waals surface area (Å²) in [6, 6.07) is 14.6. The summed E-state index contributed by atoms with van der Waals surface area (Å²) in [5.74, 6) is 0. The van der Waals surface area contributed by atoms with Gasteiger partial charge < -0.3 is 10.1 Å². The van der Waals surface area contributed by atoms with Crippen LogP contribution in [0.15, 0.2) is 54.9 Å². The van der Waals surface area contributed by atoms with E-state index in [1.54, 1.807) is 12.4 Å². The first-order valence-electron chi connectivity index (χ1n) is 7.88. The summed E-state index contributed by atoms with van der Waals surface area (Å²) in [7, 11) is 2.06. The molecule has 1 saturated heterocycles. The van der Waals surface area contributed by atoms with Crippen molar-refractivity contribution in [3.63, 3.8) is 0 Å². The number of aliphatic hydroxyl groups is 1. The van der Waals surface area contributed by atoms with Gasteiger partial charge in [-0.25, -0.2) is 5.01 Å². The van der Waals surface area contributed by atoms with Crippen LogP contribution < -0.4 is 5.01 Å². The highest BCUT2D eigenvalue weighted by atomic mass is 16.3. The van der Waals surface area contributed by atoms with E-state index in [-0.39, 0.29) is 12.1 Å². The second-order valence-electron chi connectivity index (χ2n) is 5.84. The van der Waals surface area contributed by atoms with Crippen LogP contribution in [0.5, 0.6) is 0 Å². The molecule has 2 unspecified atom stereocenters. The van der Waals surface area contributed by atoms with Crippen LogP contribution in [0.2, 0.25) is 0 Å². The van der Waals surface area contributed by atoms with Gasteiger partial charge in [0, 0.05) is 26.0 Å². The second kappa shape index (κ2) is 6.90. The Hall–Kier alpha value is -1.91. The van der Waals surface area contributed by atoms with E-state index in [1.165, 1.54) is 5.56 Å². The SMILES string of the molecule is CN(c1ccncc1)N1CCC(O)C1CCc1ccccc1. The third-order valence-corrected chi connectivity index (χ3v) is 4.47. The number of hydrogen-bond donors (Lipinski definition) is 1. The highest BCUT2D eigenvalue weighted by Gasteiger charge is 2.34. The van der Waals surface area contributed by atoms with Crippen LogP contribution in [0.25, 0.3) is 0 Å². The van der Waals surface area contributed by atoms with Gasteiger partial charge in [-0.15, -0.1) is 0 Å². The van der Waals surface area contributed by atoms with E-state index in [2.05, 4.69) is 46.3 Å². The minimum atomic E-state index is -0.256. The molecule has 1 aromatic carbocycles. The smallest absolute Gasteiger partial charge is 0.0726 e. The van der Waals surface area contributed by atoms with Gasteiger partial charge in [-0.1, -0.05) is 30.3 Å². The number of aliphatic hydroxyl groups excluding tert-OH is 1. The summed E-state index contributed by atoms with van der Waals surface area (Å²) in [6.45, 7) is 0.888. The summed E-state index contributed by atoms with van der Waals surface area (Å²) in [5.41, 5.74) is 2.43. The van der Waals surface area contributed by atoms with Crippen molar-refractivity contribution in [2.24, 2.45) is 0 Å². The summed E-state index contributed by atoms with van der Waals surface area (Å²) in [5, 5.41) is 14.8. The van der Waals surface area contributed by atoms with Crippen molar-refractivity contribution < 1.29 is 5.11 Å². The van der Waals surface area contributed by atoms with Gasteiger partial charge >= 0.3 is 0 Å². The summed E-state index contributed by atoms with van der Waals surface area (Å²) >= 11 is 0. The molecule has 22 heavy (non-hydrogen) atoms. The lowest BCUT2D eigenvalue weighted by atomic mass is 10.0. The molecule has 0 bridgehead atoms. The lowest BCUT2D eigenvalue weighted by molar-refractivity contribution is 0.107. The first-order valence-corrected chi connectivity index (χ1v) is 7.88. The van der Waals surface area contributed by atoms with Gasteiger partial charge in [-0.3, -0.25) is 4.98 Å². The molecule has 0 aliphatic carbocycles. The number of nitrogens with zero attached hydrogens (tertiary/aromatic N) is 3. The van der Waals surface area contributed by atoms with E-state index >= 15 is 0 Å². The fourth-order valence-electron chi connectivity index (χ4n) is 3.20. The maximum Gasteiger partial charge on any atom is 0.0726 e. The zero-order valence-electron chi connectivity index (χ0n) is 13.0. The molecule has 4 nitrogen and oxygen atoms in total. The van der Waals surface area contributed by atoms with Crippen LogP contribution in [0.4, 0.5) is 5.69 Å². The van der Waals surface area contributed by atoms with Crippen LogP contribution in [-0.4, -0.2) is 40.8 Å². The predicted molar refractivity (Wildman–Crippen MR) is 88.5 cm³/mol. The quantitative estimate of drug-likeness (QED) is 0.920. The monoisotopic (exact) mass is 297 g/mol. The largest absolute Gasteiger partial charge is 0.391 e. The Morgan fingerprint density at radius 1 is 1.18 bits per heavy atom. The van der Waals surface area contributed by atoms with Crippen LogP contribution in [0.3, 0.4) is 0 Å². The molecule has 4 heteroatoms. The molecule has 0 radical (unpaired) electrons. The first-order chi connectivity index (χ1) is 10.8. The Labute approximate surface area is 132 Å². The zero-order valence-corrected chi connectivity index (χ0v) is 13.0. The Morgan fingerprint density at radius 2 is 1.91 bits per heavy atom. The zero-order chi connectivity index (χ0) is 15.4. The second-order valence-corrected chi connectivity index (χ2v) is 5.84. The normalized spacial score (nSPS) is 21.9. The minimum Gasteiger partial charge on any atom is -0.391 e. The molecule has 1 aromatic heterocycles. The van der Waals surface area contributed by atoms with Crippen LogP contribution in [0, 0.1) is 0 Å². The summed E-state index contributed by atoms with van der Waals surface area (Å²) in [6.07, 6.45) is 6.13. The molecule has 1 fully saturated rings. The van der Waals surface area contributed by atoms with Gasteiger partial charge in [0.15, 0.2) is 0 Å². The maximum atomic E-state index is 10.4. The average molecular weight is 297 g/mol.